The number of aromatic nitrogens is 1. The van der Waals surface area contributed by atoms with Crippen molar-refractivity contribution in [2.24, 2.45) is 0 Å². The Balaban J connectivity index is 1.07. The Bertz CT molecular complexity index is 4540. The Morgan fingerprint density at radius 1 is 0.261 bits per heavy atom. The number of para-hydroxylation sites is 2. The van der Waals surface area contributed by atoms with Crippen molar-refractivity contribution < 1.29 is 0 Å². The Morgan fingerprint density at radius 3 is 0.848 bits per heavy atom. The summed E-state index contributed by atoms with van der Waals surface area (Å²) < 4.78 is 2.61. The molecular weight excluding hydrogens is 1140 g/mol. The lowest BCUT2D eigenvalue weighted by atomic mass is 9.33. The van der Waals surface area contributed by atoms with Crippen molar-refractivity contribution in [3.8, 4) is 5.69 Å². The number of rotatable bonds is 11. The fourth-order valence-corrected chi connectivity index (χ4v) is 25.2. The highest BCUT2D eigenvalue weighted by Crippen LogP contribution is 2.47. The molecule has 0 aliphatic carbocycles. The molecular formula is C86H72BN3Si2. The average molecular weight is 1210 g/mol. The van der Waals surface area contributed by atoms with Crippen molar-refractivity contribution >= 4 is 137 Å². The van der Waals surface area contributed by atoms with E-state index in [9.17, 15) is 0 Å². The van der Waals surface area contributed by atoms with Gasteiger partial charge in [-0.05, 0) is 141 Å². The van der Waals surface area contributed by atoms with Gasteiger partial charge in [0.2, 0.25) is 0 Å². The van der Waals surface area contributed by atoms with Gasteiger partial charge in [0, 0.05) is 44.9 Å². The standard InChI is InChI=1S/C86H72BN3Si2/c1-85(2,3)61-47-51-74-75-52-48-62(86(4,5)6)56-79(75)90(78(74)55-61)65-57-82-84-83(58-65)89(64-33-17-8-18-34-64)81-60-73(92(69-41-25-12-26-42-69,70-43-27-13-28-44-70)71-45-29-14-30-46-71)50-54-77(81)87(84)76-53-49-72(59-80(76)88(82)63-31-15-7-16-32-63)91(66-35-19-9-20-36-66,67-37-21-10-22-38-67)68-39-23-11-24-40-68/h7-60H,1-6H3. The highest BCUT2D eigenvalue weighted by Gasteiger charge is 2.49. The third kappa shape index (κ3) is 9.05. The van der Waals surface area contributed by atoms with Gasteiger partial charge in [0.15, 0.2) is 16.1 Å². The minimum absolute atomic E-state index is 0.0895. The van der Waals surface area contributed by atoms with Crippen molar-refractivity contribution in [1.82, 2.24) is 4.57 Å². The number of fused-ring (bicyclic) bond motifs is 7. The second kappa shape index (κ2) is 22.3. The maximum Gasteiger partial charge on any atom is 0.252 e. The first kappa shape index (κ1) is 57.0. The number of nitrogens with zero attached hydrogens (tertiary/aromatic N) is 3. The van der Waals surface area contributed by atoms with Gasteiger partial charge in [0.1, 0.15) is 0 Å². The van der Waals surface area contributed by atoms with E-state index in [1.807, 2.05) is 0 Å². The zero-order valence-corrected chi connectivity index (χ0v) is 55.1. The van der Waals surface area contributed by atoms with Crippen molar-refractivity contribution in [1.29, 1.82) is 0 Å². The zero-order valence-electron chi connectivity index (χ0n) is 53.1. The Morgan fingerprint density at radius 2 is 0.554 bits per heavy atom. The molecule has 3 heterocycles. The molecule has 442 valence electrons. The van der Waals surface area contributed by atoms with Gasteiger partial charge < -0.3 is 14.4 Å². The van der Waals surface area contributed by atoms with Crippen molar-refractivity contribution in [3.05, 3.63) is 339 Å². The average Bonchev–Trinajstić information content (AvgIpc) is 0.775. The molecule has 0 atom stereocenters. The maximum atomic E-state index is 2.63. The van der Waals surface area contributed by atoms with E-state index in [0.29, 0.717) is 0 Å². The summed E-state index contributed by atoms with van der Waals surface area (Å²) in [5.41, 5.74) is 16.7. The first-order chi connectivity index (χ1) is 44.9. The van der Waals surface area contributed by atoms with Crippen LogP contribution in [-0.2, 0) is 10.8 Å². The quantitative estimate of drug-likeness (QED) is 0.0945. The first-order valence-electron chi connectivity index (χ1n) is 32.5. The van der Waals surface area contributed by atoms with Crippen LogP contribution in [0, 0.1) is 0 Å². The van der Waals surface area contributed by atoms with Crippen LogP contribution in [-0.4, -0.2) is 27.4 Å². The smallest absolute Gasteiger partial charge is 0.252 e. The molecule has 0 saturated heterocycles. The van der Waals surface area contributed by atoms with Gasteiger partial charge in [-0.15, -0.1) is 0 Å². The van der Waals surface area contributed by atoms with E-state index in [1.165, 1.54) is 102 Å². The lowest BCUT2D eigenvalue weighted by Gasteiger charge is -2.45. The molecule has 92 heavy (non-hydrogen) atoms. The Hall–Kier alpha value is -10.2. The minimum Gasteiger partial charge on any atom is -0.311 e. The zero-order chi connectivity index (χ0) is 62.3. The molecule has 0 unspecified atom stereocenters. The molecule has 0 spiro atoms. The molecule has 14 aromatic rings. The summed E-state index contributed by atoms with van der Waals surface area (Å²) in [6, 6.07) is 126. The second-order valence-electron chi connectivity index (χ2n) is 27.2. The summed E-state index contributed by atoms with van der Waals surface area (Å²) in [4.78, 5) is 5.26. The van der Waals surface area contributed by atoms with Crippen LogP contribution >= 0.6 is 0 Å². The van der Waals surface area contributed by atoms with Gasteiger partial charge in [-0.25, -0.2) is 0 Å². The first-order valence-corrected chi connectivity index (χ1v) is 36.5. The number of benzene rings is 13. The van der Waals surface area contributed by atoms with E-state index in [1.54, 1.807) is 0 Å². The van der Waals surface area contributed by atoms with Crippen molar-refractivity contribution in [2.45, 2.75) is 52.4 Å². The van der Waals surface area contributed by atoms with E-state index < -0.39 is 16.1 Å². The number of hydrogen-bond acceptors (Lipinski definition) is 2. The summed E-state index contributed by atoms with van der Waals surface area (Å²) in [7, 11) is -6.11. The fraction of sp³-hybridized carbons (Fsp3) is 0.0930. The van der Waals surface area contributed by atoms with E-state index in [2.05, 4.69) is 383 Å². The topological polar surface area (TPSA) is 11.4 Å². The predicted octanol–water partition coefficient (Wildman–Crippen LogP) is 14.2. The van der Waals surface area contributed by atoms with Gasteiger partial charge in [-0.3, -0.25) is 0 Å². The normalized spacial score (nSPS) is 13.0. The molecule has 2 aliphatic rings. The molecule has 3 nitrogen and oxygen atoms in total. The molecule has 6 heteroatoms. The van der Waals surface area contributed by atoms with Crippen molar-refractivity contribution in [3.63, 3.8) is 0 Å². The molecule has 0 radical (unpaired) electrons. The van der Waals surface area contributed by atoms with E-state index >= 15 is 0 Å². The summed E-state index contributed by atoms with van der Waals surface area (Å²) in [6.45, 7) is 13.9. The largest absolute Gasteiger partial charge is 0.311 e. The monoisotopic (exact) mass is 1210 g/mol. The fourth-order valence-electron chi connectivity index (χ4n) is 15.6. The molecule has 0 N–H and O–H groups in total. The van der Waals surface area contributed by atoms with Gasteiger partial charge in [-0.2, -0.15) is 0 Å². The van der Waals surface area contributed by atoms with Gasteiger partial charge in [-0.1, -0.05) is 308 Å². The van der Waals surface area contributed by atoms with E-state index in [0.717, 1.165) is 28.4 Å². The number of anilines is 6. The van der Waals surface area contributed by atoms with Crippen LogP contribution < -0.4 is 67.7 Å². The third-order valence-electron chi connectivity index (χ3n) is 19.9. The maximum absolute atomic E-state index is 3.05. The molecule has 0 fully saturated rings. The molecule has 2 aliphatic heterocycles. The molecule has 0 bridgehead atoms. The van der Waals surface area contributed by atoms with Gasteiger partial charge in [0.05, 0.1) is 16.7 Å². The minimum atomic E-state index is -3.05. The molecule has 0 saturated carbocycles. The van der Waals surface area contributed by atoms with Crippen LogP contribution in [0.4, 0.5) is 34.1 Å². The lowest BCUT2D eigenvalue weighted by molar-refractivity contribution is 0.591. The van der Waals surface area contributed by atoms with E-state index in [4.69, 9.17) is 0 Å². The van der Waals surface area contributed by atoms with Crippen LogP contribution in [0.2, 0.25) is 0 Å². The van der Waals surface area contributed by atoms with Crippen molar-refractivity contribution in [2.75, 3.05) is 9.80 Å². The summed E-state index contributed by atoms with van der Waals surface area (Å²) >= 11 is 0. The highest BCUT2D eigenvalue weighted by atomic mass is 28.3. The third-order valence-corrected chi connectivity index (χ3v) is 29.5. The lowest BCUT2D eigenvalue weighted by Crippen LogP contribution is -2.75. The summed E-state index contributed by atoms with van der Waals surface area (Å²) in [5, 5.41) is 13.2. The van der Waals surface area contributed by atoms with E-state index in [-0.39, 0.29) is 17.5 Å². The van der Waals surface area contributed by atoms with Gasteiger partial charge in [0.25, 0.3) is 6.71 Å². The number of hydrogen-bond donors (Lipinski definition) is 0. The Kier molecular flexibility index (Phi) is 13.8. The van der Waals surface area contributed by atoms with Gasteiger partial charge >= 0.3 is 0 Å². The Labute approximate surface area is 544 Å². The summed E-state index contributed by atoms with van der Waals surface area (Å²) in [6.07, 6.45) is 0. The molecule has 16 rings (SSSR count). The van der Waals surface area contributed by atoms with Crippen LogP contribution in [0.3, 0.4) is 0 Å². The van der Waals surface area contributed by atoms with Crippen LogP contribution in [0.25, 0.3) is 27.5 Å². The highest BCUT2D eigenvalue weighted by molar-refractivity contribution is 7.20. The second-order valence-corrected chi connectivity index (χ2v) is 34.8. The molecule has 13 aromatic carbocycles. The SMILES string of the molecule is CC(C)(C)c1ccc2c3ccc(C(C)(C)C)cc3n(-c3cc4c5c(c3)N(c3ccccc3)c3cc([Si](c6ccccc6)(c6ccccc6)c6ccccc6)ccc3B5c3ccc([Si](c5ccccc5)(c5ccccc5)c5ccccc5)cc3N4c3ccccc3)c2c1. The summed E-state index contributed by atoms with van der Waals surface area (Å²) in [5.74, 6) is 0. The predicted molar refractivity (Wildman–Crippen MR) is 399 cm³/mol. The molecule has 0 amide bonds. The van der Waals surface area contributed by atoms with Crippen LogP contribution in [0.15, 0.2) is 328 Å². The molecule has 1 aromatic heterocycles. The van der Waals surface area contributed by atoms with Crippen LogP contribution in [0.1, 0.15) is 52.7 Å². The van der Waals surface area contributed by atoms with Crippen LogP contribution in [0.5, 0.6) is 0 Å².